The van der Waals surface area contributed by atoms with Gasteiger partial charge in [-0.1, -0.05) is 6.07 Å². The average Bonchev–Trinajstić information content (AvgIpc) is 2.61. The summed E-state index contributed by atoms with van der Waals surface area (Å²) in [7, 11) is 0. The molecule has 1 aliphatic rings. The number of carbonyl (C=O) groups is 1. The van der Waals surface area contributed by atoms with E-state index in [9.17, 15) is 13.6 Å². The van der Waals surface area contributed by atoms with Crippen molar-refractivity contribution >= 4 is 17.5 Å². The maximum atomic E-state index is 13.3. The standard InChI is InChI=1S/C18H20F2N4O/c19-11-12-8-14(20)10-16(9-12)24-18(25)22-7-5-15-4-3-13-2-1-6-21-17(13)23-15/h3-4,8-10H,1-2,5-7,11H2,(H,21,23)(H2,22,24,25). The number of carbonyl (C=O) groups excluding carboxylic acids is 1. The van der Waals surface area contributed by atoms with Crippen LogP contribution in [0.5, 0.6) is 0 Å². The molecule has 2 aromatic rings. The molecule has 1 aromatic heterocycles. The molecule has 1 aromatic carbocycles. The minimum Gasteiger partial charge on any atom is -0.370 e. The number of aromatic nitrogens is 1. The maximum Gasteiger partial charge on any atom is 0.319 e. The molecule has 2 heterocycles. The third-order valence-electron chi connectivity index (χ3n) is 3.99. The lowest BCUT2D eigenvalue weighted by atomic mass is 10.1. The van der Waals surface area contributed by atoms with E-state index in [4.69, 9.17) is 0 Å². The van der Waals surface area contributed by atoms with E-state index in [0.717, 1.165) is 43.0 Å². The average molecular weight is 346 g/mol. The molecule has 0 bridgehead atoms. The summed E-state index contributed by atoms with van der Waals surface area (Å²) in [4.78, 5) is 16.4. The Morgan fingerprint density at radius 3 is 3.00 bits per heavy atom. The van der Waals surface area contributed by atoms with Crippen LogP contribution in [0.2, 0.25) is 0 Å². The molecular weight excluding hydrogens is 326 g/mol. The van der Waals surface area contributed by atoms with E-state index in [0.29, 0.717) is 13.0 Å². The summed E-state index contributed by atoms with van der Waals surface area (Å²) in [5.41, 5.74) is 2.51. The highest BCUT2D eigenvalue weighted by Gasteiger charge is 2.10. The number of pyridine rings is 1. The van der Waals surface area contributed by atoms with Gasteiger partial charge in [0.15, 0.2) is 0 Å². The Morgan fingerprint density at radius 1 is 1.28 bits per heavy atom. The van der Waals surface area contributed by atoms with Gasteiger partial charge in [-0.05, 0) is 48.2 Å². The van der Waals surface area contributed by atoms with Gasteiger partial charge in [0, 0.05) is 30.9 Å². The molecule has 0 saturated carbocycles. The highest BCUT2D eigenvalue weighted by atomic mass is 19.1. The van der Waals surface area contributed by atoms with Gasteiger partial charge in [0.05, 0.1) is 0 Å². The quantitative estimate of drug-likeness (QED) is 0.777. The lowest BCUT2D eigenvalue weighted by Crippen LogP contribution is -2.30. The molecule has 0 fully saturated rings. The van der Waals surface area contributed by atoms with Gasteiger partial charge in [-0.25, -0.2) is 18.6 Å². The van der Waals surface area contributed by atoms with Crippen molar-refractivity contribution in [1.82, 2.24) is 10.3 Å². The van der Waals surface area contributed by atoms with E-state index in [-0.39, 0.29) is 11.3 Å². The zero-order valence-corrected chi connectivity index (χ0v) is 13.7. The van der Waals surface area contributed by atoms with Crippen LogP contribution in [0, 0.1) is 5.82 Å². The van der Waals surface area contributed by atoms with Crippen LogP contribution in [0.1, 0.15) is 23.2 Å². The number of rotatable bonds is 5. The van der Waals surface area contributed by atoms with Gasteiger partial charge in [-0.3, -0.25) is 0 Å². The maximum absolute atomic E-state index is 13.3. The first kappa shape index (κ1) is 17.1. The number of hydrogen-bond donors (Lipinski definition) is 3. The fraction of sp³-hybridized carbons (Fsp3) is 0.333. The first-order chi connectivity index (χ1) is 12.1. The zero-order chi connectivity index (χ0) is 17.6. The Labute approximate surface area is 144 Å². The van der Waals surface area contributed by atoms with Gasteiger partial charge >= 0.3 is 6.03 Å². The summed E-state index contributed by atoms with van der Waals surface area (Å²) in [5.74, 6) is 0.336. The van der Waals surface area contributed by atoms with Crippen molar-refractivity contribution in [2.75, 3.05) is 23.7 Å². The van der Waals surface area contributed by atoms with Gasteiger partial charge in [0.1, 0.15) is 18.3 Å². The first-order valence-electron chi connectivity index (χ1n) is 8.27. The molecule has 132 valence electrons. The Bertz CT molecular complexity index is 767. The number of fused-ring (bicyclic) bond motifs is 1. The predicted octanol–water partition coefficient (Wildman–Crippen LogP) is 3.41. The summed E-state index contributed by atoms with van der Waals surface area (Å²) in [6, 6.07) is 7.21. The fourth-order valence-corrected chi connectivity index (χ4v) is 2.79. The Morgan fingerprint density at radius 2 is 2.16 bits per heavy atom. The topological polar surface area (TPSA) is 66.0 Å². The van der Waals surface area contributed by atoms with Crippen LogP contribution < -0.4 is 16.0 Å². The van der Waals surface area contributed by atoms with Gasteiger partial charge in [0.25, 0.3) is 0 Å². The Hall–Kier alpha value is -2.70. The van der Waals surface area contributed by atoms with E-state index in [2.05, 4.69) is 27.0 Å². The van der Waals surface area contributed by atoms with E-state index in [1.807, 2.05) is 6.07 Å². The second kappa shape index (κ2) is 7.92. The van der Waals surface area contributed by atoms with E-state index < -0.39 is 18.5 Å². The number of benzene rings is 1. The summed E-state index contributed by atoms with van der Waals surface area (Å²) in [6.45, 7) is 0.535. The number of alkyl halides is 1. The Balaban J connectivity index is 1.50. The predicted molar refractivity (Wildman–Crippen MR) is 93.0 cm³/mol. The molecule has 3 N–H and O–H groups in total. The zero-order valence-electron chi connectivity index (χ0n) is 13.7. The van der Waals surface area contributed by atoms with Gasteiger partial charge in [0.2, 0.25) is 0 Å². The summed E-state index contributed by atoms with van der Waals surface area (Å²) in [6.07, 6.45) is 2.73. The summed E-state index contributed by atoms with van der Waals surface area (Å²) in [5, 5.41) is 8.47. The minimum absolute atomic E-state index is 0.182. The first-order valence-corrected chi connectivity index (χ1v) is 8.27. The van der Waals surface area contributed by atoms with Crippen molar-refractivity contribution in [3.05, 3.63) is 53.0 Å². The number of anilines is 2. The van der Waals surface area contributed by atoms with Crippen molar-refractivity contribution in [2.24, 2.45) is 0 Å². The van der Waals surface area contributed by atoms with Crippen molar-refractivity contribution in [1.29, 1.82) is 0 Å². The SMILES string of the molecule is O=C(NCCc1ccc2c(n1)NCCC2)Nc1cc(F)cc(CF)c1. The third kappa shape index (κ3) is 4.65. The lowest BCUT2D eigenvalue weighted by molar-refractivity contribution is 0.252. The molecule has 0 radical (unpaired) electrons. The van der Waals surface area contributed by atoms with Crippen LogP contribution in [0.3, 0.4) is 0 Å². The van der Waals surface area contributed by atoms with Crippen LogP contribution in [0.4, 0.5) is 25.1 Å². The van der Waals surface area contributed by atoms with Crippen molar-refractivity contribution < 1.29 is 13.6 Å². The van der Waals surface area contributed by atoms with Crippen molar-refractivity contribution in [3.63, 3.8) is 0 Å². The van der Waals surface area contributed by atoms with Crippen LogP contribution in [0.15, 0.2) is 30.3 Å². The summed E-state index contributed by atoms with van der Waals surface area (Å²) < 4.78 is 25.9. The smallest absolute Gasteiger partial charge is 0.319 e. The number of nitrogens with one attached hydrogen (secondary N) is 3. The molecule has 5 nitrogen and oxygen atoms in total. The number of amides is 2. The van der Waals surface area contributed by atoms with Crippen molar-refractivity contribution in [2.45, 2.75) is 25.9 Å². The Kier molecular flexibility index (Phi) is 5.42. The van der Waals surface area contributed by atoms with E-state index >= 15 is 0 Å². The van der Waals surface area contributed by atoms with Crippen LogP contribution in [0.25, 0.3) is 0 Å². The molecule has 0 saturated heterocycles. The molecule has 0 unspecified atom stereocenters. The number of halogens is 2. The second-order valence-corrected chi connectivity index (χ2v) is 5.95. The number of hydrogen-bond acceptors (Lipinski definition) is 3. The van der Waals surface area contributed by atoms with E-state index in [1.165, 1.54) is 11.6 Å². The van der Waals surface area contributed by atoms with E-state index in [1.54, 1.807) is 0 Å². The largest absolute Gasteiger partial charge is 0.370 e. The third-order valence-corrected chi connectivity index (χ3v) is 3.99. The van der Waals surface area contributed by atoms with Crippen LogP contribution in [-0.2, 0) is 19.5 Å². The lowest BCUT2D eigenvalue weighted by Gasteiger charge is -2.17. The number of urea groups is 1. The van der Waals surface area contributed by atoms with Crippen LogP contribution >= 0.6 is 0 Å². The molecule has 25 heavy (non-hydrogen) atoms. The highest BCUT2D eigenvalue weighted by Crippen LogP contribution is 2.19. The highest BCUT2D eigenvalue weighted by molar-refractivity contribution is 5.89. The molecule has 3 rings (SSSR count). The minimum atomic E-state index is -0.786. The van der Waals surface area contributed by atoms with Gasteiger partial charge in [-0.2, -0.15) is 0 Å². The molecule has 1 aliphatic heterocycles. The number of aryl methyl sites for hydroxylation is 1. The normalized spacial score (nSPS) is 12.9. The number of nitrogens with zero attached hydrogens (tertiary/aromatic N) is 1. The van der Waals surface area contributed by atoms with Crippen molar-refractivity contribution in [3.8, 4) is 0 Å². The molecule has 0 aliphatic carbocycles. The molecular formula is C18H20F2N4O. The monoisotopic (exact) mass is 346 g/mol. The van der Waals surface area contributed by atoms with Crippen LogP contribution in [-0.4, -0.2) is 24.1 Å². The molecule has 0 spiro atoms. The second-order valence-electron chi connectivity index (χ2n) is 5.95. The molecule has 2 amide bonds. The summed E-state index contributed by atoms with van der Waals surface area (Å²) >= 11 is 0. The molecule has 7 heteroatoms. The fourth-order valence-electron chi connectivity index (χ4n) is 2.79. The molecule has 0 atom stereocenters. The van der Waals surface area contributed by atoms with Gasteiger partial charge < -0.3 is 16.0 Å². The van der Waals surface area contributed by atoms with Gasteiger partial charge in [-0.15, -0.1) is 0 Å².